The summed E-state index contributed by atoms with van der Waals surface area (Å²) >= 11 is 8.11. The van der Waals surface area contributed by atoms with Crippen LogP contribution in [0.4, 0.5) is 0 Å². The van der Waals surface area contributed by atoms with Gasteiger partial charge in [0.05, 0.1) is 19.6 Å². The predicted molar refractivity (Wildman–Crippen MR) is 117 cm³/mol. The molecule has 0 unspecified atom stereocenters. The number of hydrogen-bond acceptors (Lipinski definition) is 7. The SMILES string of the molecule is CC1=C(C)SC(=C(C=O)c2ccc(C(C=O)=C3SC(C)=C(C)S3)s2)S1. The fourth-order valence-electron chi connectivity index (χ4n) is 2.15. The third-order valence-electron chi connectivity index (χ3n) is 3.79. The van der Waals surface area contributed by atoms with Gasteiger partial charge in [-0.3, -0.25) is 9.59 Å². The van der Waals surface area contributed by atoms with Gasteiger partial charge in [0.15, 0.2) is 12.6 Å². The van der Waals surface area contributed by atoms with Crippen molar-refractivity contribution in [3.8, 4) is 0 Å². The summed E-state index contributed by atoms with van der Waals surface area (Å²) in [5, 5.41) is 0. The fraction of sp³-hybridized carbons (Fsp3) is 0.222. The topological polar surface area (TPSA) is 34.1 Å². The summed E-state index contributed by atoms with van der Waals surface area (Å²) < 4.78 is 2.05. The molecule has 0 aromatic carbocycles. The molecule has 0 bridgehead atoms. The summed E-state index contributed by atoms with van der Waals surface area (Å²) in [6.45, 7) is 8.29. The molecule has 2 nitrogen and oxygen atoms in total. The largest absolute Gasteiger partial charge is 0.298 e. The van der Waals surface area contributed by atoms with Crippen LogP contribution in [0.1, 0.15) is 37.4 Å². The van der Waals surface area contributed by atoms with Gasteiger partial charge in [-0.25, -0.2) is 0 Å². The lowest BCUT2D eigenvalue weighted by Crippen LogP contribution is -1.84. The molecule has 0 radical (unpaired) electrons. The van der Waals surface area contributed by atoms with Gasteiger partial charge in [-0.05, 0) is 59.4 Å². The van der Waals surface area contributed by atoms with Crippen LogP contribution < -0.4 is 0 Å². The first kappa shape index (κ1) is 19.2. The summed E-state index contributed by atoms with van der Waals surface area (Å²) in [4.78, 5) is 30.2. The Morgan fingerprint density at radius 2 is 1.00 bits per heavy atom. The van der Waals surface area contributed by atoms with Gasteiger partial charge in [-0.1, -0.05) is 47.0 Å². The minimum atomic E-state index is 0.718. The Kier molecular flexibility index (Phi) is 6.11. The highest BCUT2D eigenvalue weighted by Gasteiger charge is 2.23. The van der Waals surface area contributed by atoms with E-state index in [1.165, 1.54) is 31.0 Å². The van der Waals surface area contributed by atoms with Gasteiger partial charge in [0, 0.05) is 9.75 Å². The van der Waals surface area contributed by atoms with Crippen molar-refractivity contribution in [3.05, 3.63) is 50.0 Å². The summed E-state index contributed by atoms with van der Waals surface area (Å²) in [5.74, 6) is 0. The molecule has 25 heavy (non-hydrogen) atoms. The Morgan fingerprint density at radius 1 is 0.680 bits per heavy atom. The highest BCUT2D eigenvalue weighted by atomic mass is 32.2. The van der Waals surface area contributed by atoms with Crippen LogP contribution in [0, 0.1) is 0 Å². The first-order valence-corrected chi connectivity index (χ1v) is 11.6. The molecular formula is C18H16O2S5. The van der Waals surface area contributed by atoms with Gasteiger partial charge in [0.25, 0.3) is 0 Å². The fourth-order valence-corrected chi connectivity index (χ4v) is 8.53. The quantitative estimate of drug-likeness (QED) is 0.384. The summed E-state index contributed by atoms with van der Waals surface area (Å²) in [5.41, 5.74) is 1.44. The Hall–Kier alpha value is -0.600. The number of thioether (sulfide) groups is 4. The van der Waals surface area contributed by atoms with Gasteiger partial charge >= 0.3 is 0 Å². The first-order chi connectivity index (χ1) is 11.9. The van der Waals surface area contributed by atoms with E-state index in [4.69, 9.17) is 0 Å². The maximum Gasteiger partial charge on any atom is 0.153 e. The van der Waals surface area contributed by atoms with E-state index in [0.29, 0.717) is 0 Å². The number of carbonyl (C=O) groups is 2. The second-order valence-electron chi connectivity index (χ2n) is 5.43. The van der Waals surface area contributed by atoms with Crippen molar-refractivity contribution >= 4 is 82.1 Å². The van der Waals surface area contributed by atoms with Crippen LogP contribution in [0.5, 0.6) is 0 Å². The average Bonchev–Trinajstić information content (AvgIpc) is 3.25. The zero-order valence-corrected chi connectivity index (χ0v) is 18.2. The van der Waals surface area contributed by atoms with Crippen molar-refractivity contribution in [1.82, 2.24) is 0 Å². The van der Waals surface area contributed by atoms with Gasteiger partial charge in [0.1, 0.15) is 0 Å². The lowest BCUT2D eigenvalue weighted by Gasteiger charge is -2.03. The molecule has 0 saturated carbocycles. The maximum atomic E-state index is 11.7. The molecule has 0 atom stereocenters. The van der Waals surface area contributed by atoms with E-state index in [0.717, 1.165) is 41.9 Å². The molecule has 0 amide bonds. The van der Waals surface area contributed by atoms with Crippen molar-refractivity contribution in [3.63, 3.8) is 0 Å². The van der Waals surface area contributed by atoms with Crippen molar-refractivity contribution in [2.24, 2.45) is 0 Å². The molecule has 2 aliphatic heterocycles. The molecular weight excluding hydrogens is 409 g/mol. The van der Waals surface area contributed by atoms with E-state index in [-0.39, 0.29) is 0 Å². The molecule has 0 saturated heterocycles. The highest BCUT2D eigenvalue weighted by Crippen LogP contribution is 2.53. The van der Waals surface area contributed by atoms with E-state index in [1.54, 1.807) is 47.0 Å². The molecule has 3 rings (SSSR count). The van der Waals surface area contributed by atoms with Crippen LogP contribution in [0.3, 0.4) is 0 Å². The lowest BCUT2D eigenvalue weighted by atomic mass is 10.2. The minimum Gasteiger partial charge on any atom is -0.298 e. The molecule has 3 heterocycles. The standard InChI is InChI=1S/C18H16O2S5/c1-9-10(2)22-17(21-9)13(7-19)15-5-6-16(25-15)14(8-20)18-23-11(3)12(4)24-18/h5-8H,1-4H3. The normalized spacial score (nSPS) is 17.6. The second-order valence-corrected chi connectivity index (χ2v) is 11.9. The van der Waals surface area contributed by atoms with E-state index in [9.17, 15) is 9.59 Å². The lowest BCUT2D eigenvalue weighted by molar-refractivity contribution is -0.104. The van der Waals surface area contributed by atoms with E-state index < -0.39 is 0 Å². The van der Waals surface area contributed by atoms with Crippen molar-refractivity contribution in [1.29, 1.82) is 0 Å². The second kappa shape index (κ2) is 7.96. The minimum absolute atomic E-state index is 0.718. The van der Waals surface area contributed by atoms with Crippen LogP contribution >= 0.6 is 58.4 Å². The van der Waals surface area contributed by atoms with Crippen LogP contribution in [0.25, 0.3) is 11.1 Å². The molecule has 1 aromatic rings. The Bertz CT molecular complexity index is 781. The Morgan fingerprint density at radius 3 is 1.28 bits per heavy atom. The predicted octanol–water partition coefficient (Wildman–Crippen LogP) is 6.95. The Labute approximate surface area is 168 Å². The smallest absolute Gasteiger partial charge is 0.153 e. The molecule has 7 heteroatoms. The summed E-state index contributed by atoms with van der Waals surface area (Å²) in [6.07, 6.45) is 1.86. The zero-order chi connectivity index (χ0) is 18.1. The van der Waals surface area contributed by atoms with Crippen LogP contribution in [0.2, 0.25) is 0 Å². The van der Waals surface area contributed by atoms with Crippen molar-refractivity contribution in [2.75, 3.05) is 0 Å². The molecule has 0 fully saturated rings. The molecule has 0 spiro atoms. The third-order valence-corrected chi connectivity index (χ3v) is 10.3. The number of aldehydes is 2. The number of allylic oxidation sites excluding steroid dienone is 6. The molecule has 2 aliphatic rings. The molecule has 0 N–H and O–H groups in total. The number of rotatable bonds is 4. The van der Waals surface area contributed by atoms with Gasteiger partial charge in [-0.15, -0.1) is 11.3 Å². The molecule has 1 aromatic heterocycles. The molecule has 130 valence electrons. The summed E-state index contributed by atoms with van der Waals surface area (Å²) in [7, 11) is 0. The van der Waals surface area contributed by atoms with Gasteiger partial charge < -0.3 is 0 Å². The number of hydrogen-bond donors (Lipinski definition) is 0. The first-order valence-electron chi connectivity index (χ1n) is 7.50. The third kappa shape index (κ3) is 3.90. The van der Waals surface area contributed by atoms with Crippen molar-refractivity contribution in [2.45, 2.75) is 27.7 Å². The number of thiophene rings is 1. The zero-order valence-electron chi connectivity index (χ0n) is 14.2. The number of carbonyl (C=O) groups excluding carboxylic acids is 2. The van der Waals surface area contributed by atoms with Crippen LogP contribution in [0.15, 0.2) is 40.2 Å². The van der Waals surface area contributed by atoms with E-state index >= 15 is 0 Å². The highest BCUT2D eigenvalue weighted by molar-refractivity contribution is 8.29. The van der Waals surface area contributed by atoms with Gasteiger partial charge in [-0.2, -0.15) is 0 Å². The summed E-state index contributed by atoms with van der Waals surface area (Å²) in [6, 6.07) is 3.89. The molecule has 0 aliphatic carbocycles. The van der Waals surface area contributed by atoms with Crippen molar-refractivity contribution < 1.29 is 9.59 Å². The average molecular weight is 425 g/mol. The van der Waals surface area contributed by atoms with Crippen LogP contribution in [-0.4, -0.2) is 12.6 Å². The maximum absolute atomic E-state index is 11.7. The van der Waals surface area contributed by atoms with E-state index in [2.05, 4.69) is 27.7 Å². The monoisotopic (exact) mass is 424 g/mol. The Balaban J connectivity index is 1.95. The van der Waals surface area contributed by atoms with E-state index in [1.807, 2.05) is 12.1 Å². The van der Waals surface area contributed by atoms with Crippen LogP contribution in [-0.2, 0) is 9.59 Å². The van der Waals surface area contributed by atoms with Gasteiger partial charge in [0.2, 0.25) is 0 Å².